The summed E-state index contributed by atoms with van der Waals surface area (Å²) >= 11 is 0. The van der Waals surface area contributed by atoms with Crippen LogP contribution in [0.1, 0.15) is 50.1 Å². The fourth-order valence-electron chi connectivity index (χ4n) is 1.54. The molecule has 14 heavy (non-hydrogen) atoms. The first-order valence-corrected chi connectivity index (χ1v) is 5.36. The monoisotopic (exact) mass is 191 g/mol. The fourth-order valence-corrected chi connectivity index (χ4v) is 1.54. The normalized spacial score (nSPS) is 16.3. The standard InChI is InChI=1S/C11H17N3/c1-7(2)6-10-12-8(3)13-11(14-10)9-4-5-9/h7,9H,4-6H2,1-3H3. The van der Waals surface area contributed by atoms with Crippen molar-refractivity contribution in [2.45, 2.75) is 46.0 Å². The van der Waals surface area contributed by atoms with E-state index in [0.717, 1.165) is 23.9 Å². The number of aromatic nitrogens is 3. The molecule has 1 aromatic heterocycles. The zero-order valence-corrected chi connectivity index (χ0v) is 9.12. The first-order valence-electron chi connectivity index (χ1n) is 5.36. The van der Waals surface area contributed by atoms with Crippen LogP contribution in [0.3, 0.4) is 0 Å². The first-order chi connectivity index (χ1) is 6.65. The van der Waals surface area contributed by atoms with Gasteiger partial charge in [-0.15, -0.1) is 0 Å². The molecule has 1 fully saturated rings. The van der Waals surface area contributed by atoms with E-state index in [2.05, 4.69) is 28.8 Å². The maximum atomic E-state index is 4.51. The molecule has 1 aromatic rings. The molecular formula is C11H17N3. The van der Waals surface area contributed by atoms with Crippen molar-refractivity contribution in [3.8, 4) is 0 Å². The molecule has 76 valence electrons. The van der Waals surface area contributed by atoms with Gasteiger partial charge in [0.2, 0.25) is 0 Å². The van der Waals surface area contributed by atoms with E-state index in [1.54, 1.807) is 0 Å². The Morgan fingerprint density at radius 2 is 1.93 bits per heavy atom. The highest BCUT2D eigenvalue weighted by molar-refractivity contribution is 5.07. The van der Waals surface area contributed by atoms with E-state index in [-0.39, 0.29) is 0 Å². The second kappa shape index (κ2) is 3.64. The molecule has 0 saturated heterocycles. The van der Waals surface area contributed by atoms with Crippen molar-refractivity contribution in [2.75, 3.05) is 0 Å². The van der Waals surface area contributed by atoms with Gasteiger partial charge in [-0.1, -0.05) is 13.8 Å². The number of nitrogens with zero attached hydrogens (tertiary/aromatic N) is 3. The zero-order chi connectivity index (χ0) is 10.1. The van der Waals surface area contributed by atoms with Gasteiger partial charge in [0.05, 0.1) is 0 Å². The predicted molar refractivity (Wildman–Crippen MR) is 55.1 cm³/mol. The summed E-state index contributed by atoms with van der Waals surface area (Å²) in [6.45, 7) is 6.34. The third-order valence-corrected chi connectivity index (χ3v) is 2.34. The van der Waals surface area contributed by atoms with E-state index in [1.165, 1.54) is 12.8 Å². The third kappa shape index (κ3) is 2.28. The number of hydrogen-bond acceptors (Lipinski definition) is 3. The lowest BCUT2D eigenvalue weighted by Crippen LogP contribution is -2.07. The van der Waals surface area contributed by atoms with Gasteiger partial charge in [-0.25, -0.2) is 15.0 Å². The molecule has 0 aliphatic heterocycles. The smallest absolute Gasteiger partial charge is 0.135 e. The maximum Gasteiger partial charge on any atom is 0.135 e. The van der Waals surface area contributed by atoms with Crippen molar-refractivity contribution in [1.82, 2.24) is 15.0 Å². The van der Waals surface area contributed by atoms with E-state index in [9.17, 15) is 0 Å². The molecule has 3 nitrogen and oxygen atoms in total. The van der Waals surface area contributed by atoms with Gasteiger partial charge in [-0.3, -0.25) is 0 Å². The van der Waals surface area contributed by atoms with Crippen LogP contribution in [0.4, 0.5) is 0 Å². The molecule has 2 rings (SSSR count). The predicted octanol–water partition coefficient (Wildman–Crippen LogP) is 2.26. The topological polar surface area (TPSA) is 38.7 Å². The van der Waals surface area contributed by atoms with Crippen molar-refractivity contribution < 1.29 is 0 Å². The van der Waals surface area contributed by atoms with Gasteiger partial charge in [-0.05, 0) is 25.7 Å². The molecule has 0 atom stereocenters. The second-order valence-corrected chi connectivity index (χ2v) is 4.53. The molecule has 1 aliphatic rings. The largest absolute Gasteiger partial charge is 0.218 e. The lowest BCUT2D eigenvalue weighted by atomic mass is 10.1. The highest BCUT2D eigenvalue weighted by Gasteiger charge is 2.27. The average Bonchev–Trinajstić information content (AvgIpc) is 2.82. The minimum Gasteiger partial charge on any atom is -0.218 e. The molecule has 0 spiro atoms. The molecule has 0 N–H and O–H groups in total. The zero-order valence-electron chi connectivity index (χ0n) is 9.12. The summed E-state index contributed by atoms with van der Waals surface area (Å²) in [5.41, 5.74) is 0. The van der Waals surface area contributed by atoms with Gasteiger partial charge in [0.15, 0.2) is 0 Å². The van der Waals surface area contributed by atoms with Gasteiger partial charge in [0.25, 0.3) is 0 Å². The van der Waals surface area contributed by atoms with Crippen molar-refractivity contribution in [3.05, 3.63) is 17.5 Å². The molecule has 1 aliphatic carbocycles. The lowest BCUT2D eigenvalue weighted by Gasteiger charge is -2.05. The fraction of sp³-hybridized carbons (Fsp3) is 0.727. The van der Waals surface area contributed by atoms with Crippen molar-refractivity contribution >= 4 is 0 Å². The van der Waals surface area contributed by atoms with Crippen LogP contribution in [0.2, 0.25) is 0 Å². The van der Waals surface area contributed by atoms with Crippen molar-refractivity contribution in [1.29, 1.82) is 0 Å². The van der Waals surface area contributed by atoms with E-state index >= 15 is 0 Å². The Morgan fingerprint density at radius 1 is 1.21 bits per heavy atom. The van der Waals surface area contributed by atoms with Crippen molar-refractivity contribution in [2.24, 2.45) is 5.92 Å². The Kier molecular flexibility index (Phi) is 2.48. The van der Waals surface area contributed by atoms with E-state index in [1.807, 2.05) is 6.92 Å². The molecule has 0 aromatic carbocycles. The highest BCUT2D eigenvalue weighted by Crippen LogP contribution is 2.37. The summed E-state index contributed by atoms with van der Waals surface area (Å²) in [6, 6.07) is 0. The molecule has 0 amide bonds. The van der Waals surface area contributed by atoms with Crippen LogP contribution >= 0.6 is 0 Å². The van der Waals surface area contributed by atoms with Crippen LogP contribution in [-0.2, 0) is 6.42 Å². The highest BCUT2D eigenvalue weighted by atomic mass is 15.0. The van der Waals surface area contributed by atoms with Gasteiger partial charge in [0, 0.05) is 12.3 Å². The second-order valence-electron chi connectivity index (χ2n) is 4.53. The Balaban J connectivity index is 2.22. The first kappa shape index (κ1) is 9.56. The van der Waals surface area contributed by atoms with Gasteiger partial charge >= 0.3 is 0 Å². The van der Waals surface area contributed by atoms with E-state index in [4.69, 9.17) is 0 Å². The van der Waals surface area contributed by atoms with Gasteiger partial charge in [0.1, 0.15) is 17.5 Å². The molecule has 0 radical (unpaired) electrons. The summed E-state index contributed by atoms with van der Waals surface area (Å²) < 4.78 is 0. The SMILES string of the molecule is Cc1nc(CC(C)C)nc(C2CC2)n1. The molecule has 3 heteroatoms. The molecule has 1 saturated carbocycles. The Labute approximate surface area is 85.0 Å². The number of rotatable bonds is 3. The number of aryl methyl sites for hydroxylation is 1. The van der Waals surface area contributed by atoms with Crippen LogP contribution in [-0.4, -0.2) is 15.0 Å². The van der Waals surface area contributed by atoms with E-state index in [0.29, 0.717) is 11.8 Å². The summed E-state index contributed by atoms with van der Waals surface area (Å²) in [5.74, 6) is 4.10. The van der Waals surface area contributed by atoms with Crippen LogP contribution in [0.25, 0.3) is 0 Å². The van der Waals surface area contributed by atoms with Crippen LogP contribution < -0.4 is 0 Å². The molecule has 0 unspecified atom stereocenters. The minimum atomic E-state index is 0.615. The van der Waals surface area contributed by atoms with Gasteiger partial charge < -0.3 is 0 Å². The Hall–Kier alpha value is -0.990. The Morgan fingerprint density at radius 3 is 2.50 bits per heavy atom. The Bertz CT molecular complexity index is 329. The summed E-state index contributed by atoms with van der Waals surface area (Å²) in [7, 11) is 0. The number of hydrogen-bond donors (Lipinski definition) is 0. The molecular weight excluding hydrogens is 174 g/mol. The summed E-state index contributed by atoms with van der Waals surface area (Å²) in [5, 5.41) is 0. The lowest BCUT2D eigenvalue weighted by molar-refractivity contribution is 0.608. The van der Waals surface area contributed by atoms with Crippen LogP contribution in [0.5, 0.6) is 0 Å². The molecule has 0 bridgehead atoms. The van der Waals surface area contributed by atoms with Gasteiger partial charge in [-0.2, -0.15) is 0 Å². The van der Waals surface area contributed by atoms with Crippen LogP contribution in [0, 0.1) is 12.8 Å². The van der Waals surface area contributed by atoms with E-state index < -0.39 is 0 Å². The third-order valence-electron chi connectivity index (χ3n) is 2.34. The quantitative estimate of drug-likeness (QED) is 0.735. The summed E-state index contributed by atoms with van der Waals surface area (Å²) in [6.07, 6.45) is 3.47. The van der Waals surface area contributed by atoms with Crippen LogP contribution in [0.15, 0.2) is 0 Å². The minimum absolute atomic E-state index is 0.615. The average molecular weight is 191 g/mol. The summed E-state index contributed by atoms with van der Waals surface area (Å²) in [4.78, 5) is 13.3. The van der Waals surface area contributed by atoms with Crippen molar-refractivity contribution in [3.63, 3.8) is 0 Å². The molecule has 1 heterocycles. The maximum absolute atomic E-state index is 4.51.